The summed E-state index contributed by atoms with van der Waals surface area (Å²) in [5.41, 5.74) is 1.62. The minimum atomic E-state index is -0.0505. The van der Waals surface area contributed by atoms with Crippen molar-refractivity contribution in [1.29, 1.82) is 0 Å². The molecule has 2 N–H and O–H groups in total. The zero-order valence-corrected chi connectivity index (χ0v) is 15.3. The van der Waals surface area contributed by atoms with E-state index in [-0.39, 0.29) is 23.8 Å². The summed E-state index contributed by atoms with van der Waals surface area (Å²) in [6.45, 7) is 7.68. The van der Waals surface area contributed by atoms with Crippen molar-refractivity contribution in [2.45, 2.75) is 39.7 Å². The number of carbonyl (C=O) groups is 2. The lowest BCUT2D eigenvalue weighted by Gasteiger charge is -2.31. The zero-order valence-electron chi connectivity index (χ0n) is 14.6. The summed E-state index contributed by atoms with van der Waals surface area (Å²) < 4.78 is 0. The van der Waals surface area contributed by atoms with Crippen LogP contribution >= 0.6 is 11.6 Å². The van der Waals surface area contributed by atoms with Crippen LogP contribution in [-0.2, 0) is 9.59 Å². The van der Waals surface area contributed by atoms with E-state index in [4.69, 9.17) is 11.6 Å². The van der Waals surface area contributed by atoms with Crippen molar-refractivity contribution in [2.24, 2.45) is 5.92 Å². The maximum absolute atomic E-state index is 12.2. The van der Waals surface area contributed by atoms with Crippen LogP contribution in [0, 0.1) is 12.8 Å². The minimum absolute atomic E-state index is 0.0505. The molecule has 0 aliphatic carbocycles. The van der Waals surface area contributed by atoms with Gasteiger partial charge < -0.3 is 10.6 Å². The van der Waals surface area contributed by atoms with Crippen molar-refractivity contribution in [3.63, 3.8) is 0 Å². The van der Waals surface area contributed by atoms with Crippen LogP contribution < -0.4 is 10.6 Å². The van der Waals surface area contributed by atoms with Crippen LogP contribution in [0.1, 0.15) is 32.3 Å². The van der Waals surface area contributed by atoms with E-state index in [1.807, 2.05) is 32.9 Å². The predicted molar refractivity (Wildman–Crippen MR) is 97.3 cm³/mol. The van der Waals surface area contributed by atoms with Gasteiger partial charge in [-0.2, -0.15) is 0 Å². The average molecular weight is 352 g/mol. The molecule has 1 aromatic rings. The Morgan fingerprint density at radius 3 is 2.58 bits per heavy atom. The number of nitrogens with zero attached hydrogens (tertiary/aromatic N) is 1. The summed E-state index contributed by atoms with van der Waals surface area (Å²) in [5, 5.41) is 6.52. The molecule has 0 aromatic heterocycles. The van der Waals surface area contributed by atoms with Crippen molar-refractivity contribution >= 4 is 29.1 Å². The number of rotatable bonds is 5. The molecular weight excluding hydrogens is 326 g/mol. The Kier molecular flexibility index (Phi) is 6.63. The number of hydrogen-bond acceptors (Lipinski definition) is 3. The van der Waals surface area contributed by atoms with E-state index in [0.29, 0.717) is 11.6 Å². The molecule has 6 heteroatoms. The van der Waals surface area contributed by atoms with Crippen LogP contribution in [0.15, 0.2) is 18.2 Å². The maximum Gasteiger partial charge on any atom is 0.238 e. The second-order valence-corrected chi connectivity index (χ2v) is 7.08. The van der Waals surface area contributed by atoms with Crippen molar-refractivity contribution in [1.82, 2.24) is 10.2 Å². The molecule has 2 rings (SSSR count). The van der Waals surface area contributed by atoms with Crippen LogP contribution in [-0.4, -0.2) is 42.4 Å². The minimum Gasteiger partial charge on any atom is -0.354 e. The maximum atomic E-state index is 12.2. The van der Waals surface area contributed by atoms with E-state index in [2.05, 4.69) is 15.5 Å². The molecule has 1 fully saturated rings. The number of benzene rings is 1. The van der Waals surface area contributed by atoms with Crippen LogP contribution in [0.2, 0.25) is 5.02 Å². The number of amides is 2. The molecule has 0 bridgehead atoms. The quantitative estimate of drug-likeness (QED) is 0.857. The molecule has 0 radical (unpaired) electrons. The van der Waals surface area contributed by atoms with Gasteiger partial charge in [0, 0.05) is 22.7 Å². The first kappa shape index (κ1) is 18.7. The molecule has 1 aliphatic rings. The summed E-state index contributed by atoms with van der Waals surface area (Å²) in [5.74, 6) is 0.135. The van der Waals surface area contributed by atoms with Crippen LogP contribution in [0.4, 0.5) is 5.69 Å². The van der Waals surface area contributed by atoms with Crippen molar-refractivity contribution in [3.8, 4) is 0 Å². The number of anilines is 1. The number of carbonyl (C=O) groups excluding carboxylic acids is 2. The highest BCUT2D eigenvalue weighted by atomic mass is 35.5. The smallest absolute Gasteiger partial charge is 0.238 e. The van der Waals surface area contributed by atoms with Gasteiger partial charge in [-0.1, -0.05) is 17.7 Å². The molecule has 1 heterocycles. The summed E-state index contributed by atoms with van der Waals surface area (Å²) in [6.07, 6.45) is 1.59. The van der Waals surface area contributed by atoms with E-state index in [9.17, 15) is 9.59 Å². The fourth-order valence-electron chi connectivity index (χ4n) is 2.89. The average Bonchev–Trinajstić information content (AvgIpc) is 2.52. The van der Waals surface area contributed by atoms with Crippen LogP contribution in [0.5, 0.6) is 0 Å². The van der Waals surface area contributed by atoms with Crippen molar-refractivity contribution < 1.29 is 9.59 Å². The number of halogens is 1. The highest BCUT2D eigenvalue weighted by Crippen LogP contribution is 2.23. The number of piperidine rings is 1. The largest absolute Gasteiger partial charge is 0.354 e. The van der Waals surface area contributed by atoms with Crippen molar-refractivity contribution in [2.75, 3.05) is 25.0 Å². The lowest BCUT2D eigenvalue weighted by Crippen LogP contribution is -2.44. The SMILES string of the molecule is Cc1c(Cl)cccc1NC(=O)CN1CCC(C(=O)NC(C)C)CC1. The normalized spacial score (nSPS) is 16.2. The molecule has 24 heavy (non-hydrogen) atoms. The van der Waals surface area contributed by atoms with Crippen molar-refractivity contribution in [3.05, 3.63) is 28.8 Å². The first-order valence-corrected chi connectivity index (χ1v) is 8.82. The van der Waals surface area contributed by atoms with Gasteiger partial charge in [0.2, 0.25) is 11.8 Å². The topological polar surface area (TPSA) is 61.4 Å². The van der Waals surface area contributed by atoms with Crippen LogP contribution in [0.25, 0.3) is 0 Å². The van der Waals surface area contributed by atoms with E-state index in [1.165, 1.54) is 0 Å². The van der Waals surface area contributed by atoms with Gasteiger partial charge in [-0.25, -0.2) is 0 Å². The Bertz CT molecular complexity index is 596. The number of hydrogen-bond donors (Lipinski definition) is 2. The summed E-state index contributed by atoms with van der Waals surface area (Å²) in [7, 11) is 0. The highest BCUT2D eigenvalue weighted by molar-refractivity contribution is 6.31. The molecule has 0 unspecified atom stereocenters. The van der Waals surface area contributed by atoms with Gasteiger partial charge in [0.15, 0.2) is 0 Å². The van der Waals surface area contributed by atoms with Gasteiger partial charge in [-0.15, -0.1) is 0 Å². The third-order valence-electron chi connectivity index (χ3n) is 4.30. The molecule has 0 spiro atoms. The molecule has 1 saturated heterocycles. The molecule has 5 nitrogen and oxygen atoms in total. The second-order valence-electron chi connectivity index (χ2n) is 6.67. The fourth-order valence-corrected chi connectivity index (χ4v) is 3.07. The first-order chi connectivity index (χ1) is 11.4. The molecule has 0 atom stereocenters. The lowest BCUT2D eigenvalue weighted by atomic mass is 9.95. The monoisotopic (exact) mass is 351 g/mol. The molecule has 1 aromatic carbocycles. The van der Waals surface area contributed by atoms with E-state index in [0.717, 1.165) is 37.2 Å². The summed E-state index contributed by atoms with van der Waals surface area (Å²) >= 11 is 6.07. The highest BCUT2D eigenvalue weighted by Gasteiger charge is 2.26. The van der Waals surface area contributed by atoms with Crippen LogP contribution in [0.3, 0.4) is 0 Å². The zero-order chi connectivity index (χ0) is 17.7. The van der Waals surface area contributed by atoms with Gasteiger partial charge in [-0.3, -0.25) is 14.5 Å². The molecule has 2 amide bonds. The third-order valence-corrected chi connectivity index (χ3v) is 4.71. The molecule has 132 valence electrons. The van der Waals surface area contributed by atoms with Gasteiger partial charge >= 0.3 is 0 Å². The molecule has 1 aliphatic heterocycles. The Morgan fingerprint density at radius 1 is 1.29 bits per heavy atom. The Balaban J connectivity index is 1.80. The molecule has 0 saturated carbocycles. The number of likely N-dealkylation sites (tertiary alicyclic amines) is 1. The Morgan fingerprint density at radius 2 is 1.96 bits per heavy atom. The van der Waals surface area contributed by atoms with Gasteiger partial charge in [0.05, 0.1) is 6.54 Å². The summed E-state index contributed by atoms with van der Waals surface area (Å²) in [6, 6.07) is 5.65. The fraction of sp³-hybridized carbons (Fsp3) is 0.556. The predicted octanol–water partition coefficient (Wildman–Crippen LogP) is 2.82. The van der Waals surface area contributed by atoms with Gasteiger partial charge in [0.1, 0.15) is 0 Å². The number of nitrogens with one attached hydrogen (secondary N) is 2. The standard InChI is InChI=1S/C18H26ClN3O2/c1-12(2)20-18(24)14-7-9-22(10-8-14)11-17(23)21-16-6-4-5-15(19)13(16)3/h4-6,12,14H,7-11H2,1-3H3,(H,20,24)(H,21,23). The Labute approximate surface area is 148 Å². The Hall–Kier alpha value is -1.59. The van der Waals surface area contributed by atoms with E-state index in [1.54, 1.807) is 6.07 Å². The summed E-state index contributed by atoms with van der Waals surface area (Å²) in [4.78, 5) is 26.3. The first-order valence-electron chi connectivity index (χ1n) is 8.44. The van der Waals surface area contributed by atoms with E-state index >= 15 is 0 Å². The lowest BCUT2D eigenvalue weighted by molar-refractivity contribution is -0.127. The third kappa shape index (κ3) is 5.21. The van der Waals surface area contributed by atoms with Gasteiger partial charge in [-0.05, 0) is 64.4 Å². The molecular formula is C18H26ClN3O2. The van der Waals surface area contributed by atoms with Gasteiger partial charge in [0.25, 0.3) is 0 Å². The second kappa shape index (κ2) is 8.49. The van der Waals surface area contributed by atoms with E-state index < -0.39 is 0 Å².